The predicted molar refractivity (Wildman–Crippen MR) is 469 cm³/mol. The molecule has 9 rings (SSSR count). The van der Waals surface area contributed by atoms with E-state index in [-0.39, 0.29) is 125 Å². The maximum absolute atomic E-state index is 12.8. The first-order chi connectivity index (χ1) is 55.4. The van der Waals surface area contributed by atoms with Gasteiger partial charge in [0.1, 0.15) is 20.7 Å². The van der Waals surface area contributed by atoms with Gasteiger partial charge in [-0.25, -0.2) is 14.4 Å². The van der Waals surface area contributed by atoms with E-state index in [0.29, 0.717) is 77.5 Å². The van der Waals surface area contributed by atoms with Crippen LogP contribution >= 0.6 is 116 Å². The van der Waals surface area contributed by atoms with Crippen LogP contribution in [0.15, 0.2) is 29.8 Å². The number of carboxylic acids is 2. The number of amides is 3. The summed E-state index contributed by atoms with van der Waals surface area (Å²) in [6, 6.07) is -0.0324. The lowest BCUT2D eigenvalue weighted by Gasteiger charge is -2.43. The van der Waals surface area contributed by atoms with Crippen molar-refractivity contribution in [2.45, 2.75) is 250 Å². The highest BCUT2D eigenvalue weighted by atomic mass is 127. The number of aliphatic carboxylic acids is 2. The van der Waals surface area contributed by atoms with E-state index < -0.39 is 118 Å². The van der Waals surface area contributed by atoms with Crippen LogP contribution in [0.3, 0.4) is 0 Å². The number of halogens is 3. The first-order valence-corrected chi connectivity index (χ1v) is 51.7. The molecule has 29 nitrogen and oxygen atoms in total. The van der Waals surface area contributed by atoms with Gasteiger partial charge in [-0.3, -0.25) is 70.5 Å². The highest BCUT2D eigenvalue weighted by Gasteiger charge is 2.61. The van der Waals surface area contributed by atoms with E-state index in [4.69, 9.17) is 52.0 Å². The van der Waals surface area contributed by atoms with Crippen LogP contribution in [-0.2, 0) is 118 Å². The van der Waals surface area contributed by atoms with Crippen molar-refractivity contribution in [3.8, 4) is 0 Å². The Hall–Kier alpha value is -3.20. The van der Waals surface area contributed by atoms with E-state index >= 15 is 0 Å². The number of carbonyl (C=O) groups is 12. The Balaban J connectivity index is 0.000000378. The molecule has 9 aliphatic heterocycles. The van der Waals surface area contributed by atoms with E-state index in [2.05, 4.69) is 4.74 Å². The normalized spacial score (nSPS) is 24.6. The fraction of sp³-hybridized carbons (Fsp3) is 0.763. The van der Waals surface area contributed by atoms with Gasteiger partial charge in [-0.1, -0.05) is 130 Å². The first kappa shape index (κ1) is 108. The fourth-order valence-corrected chi connectivity index (χ4v) is 29.3. The van der Waals surface area contributed by atoms with Crippen LogP contribution in [-0.4, -0.2) is 233 Å². The summed E-state index contributed by atoms with van der Waals surface area (Å²) in [5.74, 6) is -3.85. The number of β-lactam (4-membered cyclic amide) rings is 3. The Kier molecular flexibility index (Phi) is 51.0. The van der Waals surface area contributed by atoms with Gasteiger partial charge >= 0.3 is 47.8 Å². The second-order valence-electron chi connectivity index (χ2n) is 28.1. The van der Waals surface area contributed by atoms with E-state index in [1.807, 2.05) is 106 Å². The summed E-state index contributed by atoms with van der Waals surface area (Å²) in [4.78, 5) is 145. The lowest BCUT2D eigenvalue weighted by Crippen LogP contribution is -2.60. The Morgan fingerprint density at radius 1 is 0.436 bits per heavy atom. The van der Waals surface area contributed by atoms with Crippen LogP contribution in [0.25, 0.3) is 0 Å². The molecule has 0 spiro atoms. The lowest BCUT2D eigenvalue weighted by molar-refractivity contribution is -0.172. The van der Waals surface area contributed by atoms with Gasteiger partial charge in [-0.05, 0) is 151 Å². The number of hydrogen-bond acceptors (Lipinski definition) is 30. The van der Waals surface area contributed by atoms with Gasteiger partial charge in [0.05, 0.1) is 78.4 Å². The summed E-state index contributed by atoms with van der Waals surface area (Å²) >= 11 is 20.8. The number of ether oxygens (including phenoxy) is 6. The number of alkyl halides is 2. The molecule has 0 aromatic heterocycles. The van der Waals surface area contributed by atoms with Crippen molar-refractivity contribution < 1.29 is 124 Å². The molecule has 5 N–H and O–H groups in total. The molecule has 9 heterocycles. The molecule has 15 atom stereocenters. The Morgan fingerprint density at radius 3 is 0.906 bits per heavy atom. The number of carboxylic acid groups (broad SMARTS) is 2. The molecule has 0 radical (unpaired) electrons. The van der Waals surface area contributed by atoms with Gasteiger partial charge in [0, 0.05) is 88.6 Å². The van der Waals surface area contributed by atoms with Gasteiger partial charge in [-0.2, -0.15) is 0 Å². The quantitative estimate of drug-likeness (QED) is 0.00740. The largest absolute Gasteiger partial charge is 0.481 e. The third kappa shape index (κ3) is 31.5. The van der Waals surface area contributed by atoms with Gasteiger partial charge in [0.15, 0.2) is 23.2 Å². The monoisotopic (exact) mass is 1970 g/mol. The van der Waals surface area contributed by atoms with Crippen LogP contribution in [0.1, 0.15) is 200 Å². The molecule has 0 aromatic carbocycles. The van der Waals surface area contributed by atoms with Gasteiger partial charge < -0.3 is 54.0 Å². The molecule has 0 aromatic rings. The molecular weight excluding hydrogens is 1860 g/mol. The van der Waals surface area contributed by atoms with E-state index in [1.54, 1.807) is 20.8 Å². The smallest absolute Gasteiger partial charge is 0.359 e. The molecule has 9 aliphatic rings. The van der Waals surface area contributed by atoms with Crippen LogP contribution in [0.4, 0.5) is 0 Å². The maximum atomic E-state index is 12.8. The van der Waals surface area contributed by atoms with Crippen molar-refractivity contribution in [2.75, 3.05) is 58.8 Å². The van der Waals surface area contributed by atoms with Crippen molar-refractivity contribution in [1.82, 2.24) is 14.7 Å². The van der Waals surface area contributed by atoms with Crippen LogP contribution < -0.4 is 0 Å². The van der Waals surface area contributed by atoms with Gasteiger partial charge in [0.25, 0.3) is 0 Å². The summed E-state index contributed by atoms with van der Waals surface area (Å²) in [6.45, 7) is 26.8. The highest BCUT2D eigenvalue weighted by molar-refractivity contribution is 14.1. The van der Waals surface area contributed by atoms with Crippen molar-refractivity contribution in [2.24, 2.45) is 53.3 Å². The Bertz CT molecular complexity index is 3360. The van der Waals surface area contributed by atoms with E-state index in [1.165, 1.54) is 85.3 Å². The molecular formula is C76H118Cl2IN3O26S9. The molecule has 0 bridgehead atoms. The average Bonchev–Trinajstić information content (AvgIpc) is 1.59. The molecule has 0 aliphatic carbocycles. The number of rotatable bonds is 36. The zero-order valence-electron chi connectivity index (χ0n) is 69.0. The van der Waals surface area contributed by atoms with Crippen LogP contribution in [0.5, 0.6) is 0 Å². The fourth-order valence-electron chi connectivity index (χ4n) is 12.9. The molecule has 668 valence electrons. The molecule has 6 saturated heterocycles. The summed E-state index contributed by atoms with van der Waals surface area (Å²) in [5.41, 5.74) is 0.288. The number of hydrogen-bond donors (Lipinski definition) is 5. The highest BCUT2D eigenvalue weighted by Crippen LogP contribution is 2.58. The number of esters is 6. The first-order valence-electron chi connectivity index (χ1n) is 39.5. The second-order valence-corrected chi connectivity index (χ2v) is 42.2. The summed E-state index contributed by atoms with van der Waals surface area (Å²) in [7, 11) is -2.54. The summed E-state index contributed by atoms with van der Waals surface area (Å²) in [6.07, 6.45) is 9.07. The molecule has 0 unspecified atom stereocenters. The minimum atomic E-state index is -1.12. The molecule has 117 heavy (non-hydrogen) atoms. The predicted octanol–water partition coefficient (Wildman–Crippen LogP) is 12.2. The minimum Gasteiger partial charge on any atom is -0.481 e. The molecule has 6 fully saturated rings. The number of carbonyl (C=O) groups excluding carboxylic acids is 10. The Morgan fingerprint density at radius 2 is 0.701 bits per heavy atom. The number of thioether (sulfide) groups is 6. The van der Waals surface area contributed by atoms with Crippen LogP contribution in [0, 0.1) is 53.3 Å². The third-order valence-electron chi connectivity index (χ3n) is 20.4. The Labute approximate surface area is 744 Å². The average molecular weight is 1980 g/mol. The number of aliphatic hydroxyl groups is 3. The van der Waals surface area contributed by atoms with Crippen molar-refractivity contribution in [3.63, 3.8) is 0 Å². The number of aliphatic hydroxyl groups excluding tert-OH is 3. The van der Waals surface area contributed by atoms with Crippen molar-refractivity contribution in [1.29, 1.82) is 0 Å². The minimum absolute atomic E-state index is 0.0228. The molecule has 0 saturated carbocycles. The number of nitrogens with zero attached hydrogens (tertiary/aromatic N) is 3. The molecule has 41 heteroatoms. The van der Waals surface area contributed by atoms with E-state index in [0.717, 1.165) is 70.6 Å². The maximum Gasteiger partial charge on any atom is 0.359 e. The summed E-state index contributed by atoms with van der Waals surface area (Å²) < 4.78 is 67.1. The van der Waals surface area contributed by atoms with Crippen LogP contribution in [0.2, 0.25) is 0 Å². The standard InChI is InChI=1S/2C19H27NO7S3.C12H15NO5S3.C7H13ClO2.C7H13IO2.C6H11ClO.C6H12O2/c2*1-4-11(5-2)17(23)26-9-27-18(24)14-19(28-12-6-7-30(25)8-12)29-16-13(10(3)21)15(22)20(14)16;1-5(14)7-9(15)13-8(11(16)17)12(20-10(7)13)19-6-2-3-21(18)4-6;2*1-3-6(4-2)7(9)10-5-8;2*1-3-5(4-2)6(7)8/h2*10-13,16,21H,4-9H2,1-3H3;5-7,10,14H,2-4H2,1H3,(H,16,17);2*6H,3-5H2,1-2H3;5H,3-4H2,1-2H3;5H,3-4H2,1-2H3,(H,7,8)/t2*10-,12+,13+,16-,30-;5-,6+,7+,10-,21-;;;;/m111..../s1. The topological polar surface area (TPSA) is 422 Å². The van der Waals surface area contributed by atoms with E-state index in [9.17, 15) is 90.6 Å². The van der Waals surface area contributed by atoms with Gasteiger partial charge in [-0.15, -0.1) is 35.3 Å². The third-order valence-corrected chi connectivity index (χ3v) is 34.8. The molecule has 3 amide bonds. The number of fused-ring (bicyclic) bond motifs is 3. The van der Waals surface area contributed by atoms with Crippen molar-refractivity contribution >= 4 is 219 Å². The van der Waals surface area contributed by atoms with Gasteiger partial charge in [0.2, 0.25) is 36.5 Å². The SMILES string of the molecule is CCC(CC)C(=O)Cl.CCC(CC)C(=O)O.CCC(CC)C(=O)OCCl.CCC(CC)C(=O)OCI.CCC(CC)C(=O)OCOC(=O)C1=C(S[C@H]2CC[S@@](=O)C2)S[C@@H]2[C@@H]([C@@H](C)O)C(=O)N12.CCC(CC)C(=O)OCOC(=O)C1=C(S[C@H]2CC[S@@](=O)C2)S[C@@H]2[C@@H]([C@@H](C)O)C(=O)N12.C[C@@H](O)[C@H]1C(=O)N2C(C(=O)O)=C(S[C@H]3CC[S@@](=O)C3)S[C@H]12. The lowest BCUT2D eigenvalue weighted by atomic mass is 9.92. The summed E-state index contributed by atoms with van der Waals surface area (Å²) in [5, 5.41) is 46.3. The zero-order valence-corrected chi connectivity index (χ0v) is 80.0. The second kappa shape index (κ2) is 55.2. The zero-order chi connectivity index (χ0) is 88.4. The van der Waals surface area contributed by atoms with Crippen molar-refractivity contribution in [3.05, 3.63) is 29.8 Å².